The summed E-state index contributed by atoms with van der Waals surface area (Å²) < 4.78 is 2.49. The number of thioether (sulfide) groups is 1. The van der Waals surface area contributed by atoms with Gasteiger partial charge in [0.05, 0.1) is 10.2 Å². The number of nitrogens with zero attached hydrogens (tertiary/aromatic N) is 1. The molecule has 1 aromatic heterocycles. The van der Waals surface area contributed by atoms with E-state index < -0.39 is 0 Å². The van der Waals surface area contributed by atoms with Crippen molar-refractivity contribution in [3.05, 3.63) is 24.3 Å². The normalized spacial score (nSPS) is 11.1. The summed E-state index contributed by atoms with van der Waals surface area (Å²) >= 11 is 3.68. The first-order valence-corrected chi connectivity index (χ1v) is 7.89. The lowest BCUT2D eigenvalue weighted by Crippen LogP contribution is -1.97. The SMILES string of the molecule is NCCCCCCSc1nc2ccccc2s1. The van der Waals surface area contributed by atoms with Crippen LogP contribution >= 0.6 is 23.1 Å². The predicted octanol–water partition coefficient (Wildman–Crippen LogP) is 3.91. The van der Waals surface area contributed by atoms with E-state index in [4.69, 9.17) is 5.73 Å². The summed E-state index contributed by atoms with van der Waals surface area (Å²) in [6, 6.07) is 8.33. The third-order valence-electron chi connectivity index (χ3n) is 2.60. The van der Waals surface area contributed by atoms with Crippen molar-refractivity contribution in [2.75, 3.05) is 12.3 Å². The third-order valence-corrected chi connectivity index (χ3v) is 4.86. The molecule has 2 rings (SSSR count). The lowest BCUT2D eigenvalue weighted by molar-refractivity contribution is 0.678. The molecule has 17 heavy (non-hydrogen) atoms. The van der Waals surface area contributed by atoms with Gasteiger partial charge in [-0.1, -0.05) is 36.7 Å². The Balaban J connectivity index is 1.75. The molecule has 1 aromatic carbocycles. The lowest BCUT2D eigenvalue weighted by atomic mass is 10.2. The molecule has 4 heteroatoms. The number of unbranched alkanes of at least 4 members (excludes halogenated alkanes) is 3. The summed E-state index contributed by atoms with van der Waals surface area (Å²) in [5, 5.41) is 0. The number of nitrogens with two attached hydrogens (primary N) is 1. The number of thiazole rings is 1. The number of benzene rings is 1. The highest BCUT2D eigenvalue weighted by Gasteiger charge is 2.02. The molecule has 0 aliphatic rings. The van der Waals surface area contributed by atoms with E-state index in [1.807, 2.05) is 17.8 Å². The second-order valence-electron chi connectivity index (χ2n) is 4.00. The van der Waals surface area contributed by atoms with E-state index in [0.29, 0.717) is 0 Å². The number of hydrogen-bond acceptors (Lipinski definition) is 4. The molecule has 0 spiro atoms. The van der Waals surface area contributed by atoms with Crippen molar-refractivity contribution in [2.24, 2.45) is 5.73 Å². The molecule has 0 atom stereocenters. The Hall–Kier alpha value is -0.580. The zero-order valence-electron chi connectivity index (χ0n) is 9.89. The Morgan fingerprint density at radius 2 is 1.94 bits per heavy atom. The second-order valence-corrected chi connectivity index (χ2v) is 6.37. The average molecular weight is 266 g/mol. The number of hydrogen-bond donors (Lipinski definition) is 1. The zero-order chi connectivity index (χ0) is 11.9. The highest BCUT2D eigenvalue weighted by Crippen LogP contribution is 2.29. The van der Waals surface area contributed by atoms with Gasteiger partial charge < -0.3 is 5.73 Å². The Bertz CT molecular complexity index is 420. The van der Waals surface area contributed by atoms with Gasteiger partial charge in [-0.15, -0.1) is 11.3 Å². The van der Waals surface area contributed by atoms with Crippen LogP contribution in [0.4, 0.5) is 0 Å². The number of aromatic nitrogens is 1. The van der Waals surface area contributed by atoms with E-state index in [9.17, 15) is 0 Å². The van der Waals surface area contributed by atoms with Gasteiger partial charge in [-0.2, -0.15) is 0 Å². The average Bonchev–Trinajstić information content (AvgIpc) is 2.76. The summed E-state index contributed by atoms with van der Waals surface area (Å²) in [6.45, 7) is 0.824. The minimum absolute atomic E-state index is 0.824. The van der Waals surface area contributed by atoms with Crippen LogP contribution in [0.15, 0.2) is 28.6 Å². The molecule has 0 bridgehead atoms. The fourth-order valence-electron chi connectivity index (χ4n) is 1.67. The van der Waals surface area contributed by atoms with Crippen molar-refractivity contribution in [3.8, 4) is 0 Å². The standard InChI is InChI=1S/C13H18N2S2/c14-9-5-1-2-6-10-16-13-15-11-7-3-4-8-12(11)17-13/h3-4,7-8H,1-2,5-6,9-10,14H2. The molecule has 0 saturated carbocycles. The van der Waals surface area contributed by atoms with Gasteiger partial charge in [0.15, 0.2) is 4.34 Å². The van der Waals surface area contributed by atoms with Crippen LogP contribution < -0.4 is 5.73 Å². The Morgan fingerprint density at radius 1 is 1.12 bits per heavy atom. The van der Waals surface area contributed by atoms with Gasteiger partial charge in [0.25, 0.3) is 0 Å². The first kappa shape index (κ1) is 12.9. The summed E-state index contributed by atoms with van der Waals surface area (Å²) in [7, 11) is 0. The van der Waals surface area contributed by atoms with Crippen molar-refractivity contribution < 1.29 is 0 Å². The lowest BCUT2D eigenvalue weighted by Gasteiger charge is -1.98. The molecule has 2 N–H and O–H groups in total. The molecule has 0 aliphatic heterocycles. The molecule has 0 fully saturated rings. The van der Waals surface area contributed by atoms with Crippen LogP contribution in [0.5, 0.6) is 0 Å². The van der Waals surface area contributed by atoms with Crippen molar-refractivity contribution in [2.45, 2.75) is 30.0 Å². The molecule has 1 heterocycles. The van der Waals surface area contributed by atoms with E-state index in [1.54, 1.807) is 11.3 Å². The minimum atomic E-state index is 0.824. The van der Waals surface area contributed by atoms with Crippen LogP contribution in [0.25, 0.3) is 10.2 Å². The van der Waals surface area contributed by atoms with Gasteiger partial charge in [-0.3, -0.25) is 0 Å². The minimum Gasteiger partial charge on any atom is -0.330 e. The molecule has 0 aliphatic carbocycles. The number of rotatable bonds is 7. The number of para-hydroxylation sites is 1. The Kier molecular flexibility index (Phi) is 5.29. The van der Waals surface area contributed by atoms with Crippen LogP contribution in [0, 0.1) is 0 Å². The molecule has 2 nitrogen and oxygen atoms in total. The van der Waals surface area contributed by atoms with Gasteiger partial charge in [0, 0.05) is 5.75 Å². The van der Waals surface area contributed by atoms with Crippen LogP contribution in [-0.4, -0.2) is 17.3 Å². The van der Waals surface area contributed by atoms with Gasteiger partial charge >= 0.3 is 0 Å². The molecule has 0 radical (unpaired) electrons. The molecule has 92 valence electrons. The van der Waals surface area contributed by atoms with Crippen molar-refractivity contribution in [1.29, 1.82) is 0 Å². The topological polar surface area (TPSA) is 38.9 Å². The van der Waals surface area contributed by atoms with Crippen molar-refractivity contribution >= 4 is 33.3 Å². The fourth-order valence-corrected chi connectivity index (χ4v) is 3.81. The first-order chi connectivity index (χ1) is 8.40. The maximum absolute atomic E-state index is 5.46. The fraction of sp³-hybridized carbons (Fsp3) is 0.462. The van der Waals surface area contributed by atoms with Crippen molar-refractivity contribution in [3.63, 3.8) is 0 Å². The van der Waals surface area contributed by atoms with Crippen LogP contribution in [0.2, 0.25) is 0 Å². The quantitative estimate of drug-likeness (QED) is 0.610. The zero-order valence-corrected chi connectivity index (χ0v) is 11.5. The largest absolute Gasteiger partial charge is 0.330 e. The van der Waals surface area contributed by atoms with Gasteiger partial charge in [0.2, 0.25) is 0 Å². The summed E-state index contributed by atoms with van der Waals surface area (Å²) in [5.41, 5.74) is 6.59. The van der Waals surface area contributed by atoms with E-state index in [0.717, 1.165) is 18.5 Å². The van der Waals surface area contributed by atoms with Crippen molar-refractivity contribution in [1.82, 2.24) is 4.98 Å². The molecular formula is C13H18N2S2. The Labute approximate surface area is 111 Å². The van der Waals surface area contributed by atoms with Gasteiger partial charge in [-0.05, 0) is 31.5 Å². The van der Waals surface area contributed by atoms with Crippen LogP contribution in [0.1, 0.15) is 25.7 Å². The summed E-state index contributed by atoms with van der Waals surface area (Å²) in [5.74, 6) is 1.17. The molecule has 0 amide bonds. The summed E-state index contributed by atoms with van der Waals surface area (Å²) in [6.07, 6.45) is 4.97. The monoisotopic (exact) mass is 266 g/mol. The molecule has 0 unspecified atom stereocenters. The molecule has 2 aromatic rings. The predicted molar refractivity (Wildman–Crippen MR) is 77.9 cm³/mol. The first-order valence-electron chi connectivity index (χ1n) is 6.08. The van der Waals surface area contributed by atoms with E-state index in [-0.39, 0.29) is 0 Å². The number of fused-ring (bicyclic) bond motifs is 1. The second kappa shape index (κ2) is 6.99. The van der Waals surface area contributed by atoms with E-state index in [1.165, 1.54) is 34.1 Å². The van der Waals surface area contributed by atoms with Crippen LogP contribution in [-0.2, 0) is 0 Å². The molecular weight excluding hydrogens is 248 g/mol. The highest BCUT2D eigenvalue weighted by molar-refractivity contribution is 8.01. The molecule has 0 saturated heterocycles. The van der Waals surface area contributed by atoms with E-state index in [2.05, 4.69) is 23.2 Å². The third kappa shape index (κ3) is 3.98. The van der Waals surface area contributed by atoms with Gasteiger partial charge in [0.1, 0.15) is 0 Å². The van der Waals surface area contributed by atoms with E-state index >= 15 is 0 Å². The van der Waals surface area contributed by atoms with Gasteiger partial charge in [-0.25, -0.2) is 4.98 Å². The Morgan fingerprint density at radius 3 is 2.76 bits per heavy atom. The highest BCUT2D eigenvalue weighted by atomic mass is 32.2. The maximum atomic E-state index is 5.46. The summed E-state index contributed by atoms with van der Waals surface area (Å²) in [4.78, 5) is 4.61. The maximum Gasteiger partial charge on any atom is 0.151 e. The van der Waals surface area contributed by atoms with Crippen LogP contribution in [0.3, 0.4) is 0 Å². The smallest absolute Gasteiger partial charge is 0.151 e.